The van der Waals surface area contributed by atoms with Gasteiger partial charge in [-0.25, -0.2) is 14.4 Å². The van der Waals surface area contributed by atoms with Gasteiger partial charge in [-0.3, -0.25) is 0 Å². The SMILES string of the molecule is CC(C)[C@@](C)(CNC(=O)OC(C)(C)C)NC(=O)Nc1ccc2oc(=O)ccc2c1. The number of fused-ring (bicyclic) bond motifs is 1. The molecule has 3 N–H and O–H groups in total. The third-order valence-electron chi connectivity index (χ3n) is 4.55. The Kier molecular flexibility index (Phi) is 6.56. The van der Waals surface area contributed by atoms with Gasteiger partial charge in [-0.2, -0.15) is 0 Å². The summed E-state index contributed by atoms with van der Waals surface area (Å²) >= 11 is 0. The summed E-state index contributed by atoms with van der Waals surface area (Å²) in [6.07, 6.45) is -0.539. The van der Waals surface area contributed by atoms with Gasteiger partial charge in [0, 0.05) is 23.7 Å². The monoisotopic (exact) mass is 403 g/mol. The molecule has 0 bridgehead atoms. The van der Waals surface area contributed by atoms with Crippen LogP contribution in [0.5, 0.6) is 0 Å². The fraction of sp³-hybridized carbons (Fsp3) is 0.476. The Morgan fingerprint density at radius 3 is 2.41 bits per heavy atom. The van der Waals surface area contributed by atoms with Gasteiger partial charge < -0.3 is 25.1 Å². The van der Waals surface area contributed by atoms with E-state index in [0.717, 1.165) is 0 Å². The zero-order valence-corrected chi connectivity index (χ0v) is 17.7. The maximum Gasteiger partial charge on any atom is 0.407 e. The van der Waals surface area contributed by atoms with Gasteiger partial charge in [0.15, 0.2) is 0 Å². The molecule has 0 spiro atoms. The Morgan fingerprint density at radius 1 is 1.10 bits per heavy atom. The minimum absolute atomic E-state index is 0.0362. The number of urea groups is 1. The summed E-state index contributed by atoms with van der Waals surface area (Å²) in [6, 6.07) is 7.53. The van der Waals surface area contributed by atoms with Gasteiger partial charge in [0.25, 0.3) is 0 Å². The lowest BCUT2D eigenvalue weighted by atomic mass is 9.88. The van der Waals surface area contributed by atoms with E-state index in [9.17, 15) is 14.4 Å². The van der Waals surface area contributed by atoms with Crippen molar-refractivity contribution in [1.82, 2.24) is 10.6 Å². The van der Waals surface area contributed by atoms with Gasteiger partial charge in [-0.05, 0) is 57.9 Å². The number of carbonyl (C=O) groups excluding carboxylic acids is 2. The van der Waals surface area contributed by atoms with Crippen molar-refractivity contribution < 1.29 is 18.7 Å². The maximum absolute atomic E-state index is 12.6. The molecule has 0 saturated heterocycles. The van der Waals surface area contributed by atoms with Gasteiger partial charge in [0.1, 0.15) is 11.2 Å². The normalized spacial score (nSPS) is 13.6. The van der Waals surface area contributed by atoms with Crippen LogP contribution in [-0.2, 0) is 4.74 Å². The number of ether oxygens (including phenoxy) is 1. The summed E-state index contributed by atoms with van der Waals surface area (Å²) in [4.78, 5) is 35.8. The molecule has 8 nitrogen and oxygen atoms in total. The number of carbonyl (C=O) groups is 2. The lowest BCUT2D eigenvalue weighted by Crippen LogP contribution is -2.58. The van der Waals surface area contributed by atoms with Crippen LogP contribution in [0.4, 0.5) is 15.3 Å². The smallest absolute Gasteiger partial charge is 0.407 e. The molecule has 0 aliphatic rings. The zero-order chi connectivity index (χ0) is 21.8. The quantitative estimate of drug-likeness (QED) is 0.657. The van der Waals surface area contributed by atoms with Crippen LogP contribution in [-0.4, -0.2) is 29.8 Å². The second kappa shape index (κ2) is 8.55. The second-order valence-electron chi connectivity index (χ2n) is 8.51. The summed E-state index contributed by atoms with van der Waals surface area (Å²) in [5, 5.41) is 9.10. The third-order valence-corrected chi connectivity index (χ3v) is 4.55. The van der Waals surface area contributed by atoms with Crippen LogP contribution in [0.15, 0.2) is 39.5 Å². The fourth-order valence-electron chi connectivity index (χ4n) is 2.53. The van der Waals surface area contributed by atoms with Crippen LogP contribution >= 0.6 is 0 Å². The molecule has 0 aliphatic heterocycles. The molecular formula is C21H29N3O5. The van der Waals surface area contributed by atoms with E-state index in [1.54, 1.807) is 45.0 Å². The van der Waals surface area contributed by atoms with Gasteiger partial charge >= 0.3 is 17.7 Å². The molecule has 2 rings (SSSR count). The summed E-state index contributed by atoms with van der Waals surface area (Å²) < 4.78 is 10.3. The highest BCUT2D eigenvalue weighted by Crippen LogP contribution is 2.19. The van der Waals surface area contributed by atoms with Gasteiger partial charge in [-0.15, -0.1) is 0 Å². The van der Waals surface area contributed by atoms with E-state index in [4.69, 9.17) is 9.15 Å². The van der Waals surface area contributed by atoms with Gasteiger partial charge in [0.2, 0.25) is 0 Å². The molecule has 0 fully saturated rings. The first kappa shape index (κ1) is 22.3. The highest BCUT2D eigenvalue weighted by atomic mass is 16.6. The molecule has 1 aromatic heterocycles. The summed E-state index contributed by atoms with van der Waals surface area (Å²) in [6.45, 7) is 11.3. The molecular weight excluding hydrogens is 374 g/mol. The average Bonchev–Trinajstić information content (AvgIpc) is 2.58. The van der Waals surface area contributed by atoms with Crippen LogP contribution in [0.1, 0.15) is 41.5 Å². The molecule has 2 aromatic rings. The van der Waals surface area contributed by atoms with Gasteiger partial charge in [0.05, 0.1) is 5.54 Å². The van der Waals surface area contributed by atoms with Crippen LogP contribution in [0.25, 0.3) is 11.0 Å². The largest absolute Gasteiger partial charge is 0.444 e. The molecule has 0 aliphatic carbocycles. The minimum Gasteiger partial charge on any atom is -0.444 e. The van der Waals surface area contributed by atoms with Crippen molar-refractivity contribution in [3.63, 3.8) is 0 Å². The standard InChI is InChI=1S/C21H29N3O5/c1-13(2)21(6,12-22-19(27)29-20(3,4)5)24-18(26)23-15-8-9-16-14(11-15)7-10-17(25)28-16/h7-11,13H,12H2,1-6H3,(H,22,27)(H2,23,24,26)/t21-/m1/s1. The van der Waals surface area contributed by atoms with Crippen LogP contribution in [0.2, 0.25) is 0 Å². The number of hydrogen-bond acceptors (Lipinski definition) is 5. The Bertz CT molecular complexity index is 945. The molecule has 1 atom stereocenters. The minimum atomic E-state index is -0.704. The Labute approximate surface area is 170 Å². The first-order chi connectivity index (χ1) is 13.4. The average molecular weight is 403 g/mol. The van der Waals surface area contributed by atoms with E-state index in [0.29, 0.717) is 16.7 Å². The molecule has 8 heteroatoms. The maximum atomic E-state index is 12.6. The lowest BCUT2D eigenvalue weighted by Gasteiger charge is -2.35. The predicted molar refractivity (Wildman–Crippen MR) is 112 cm³/mol. The Hall–Kier alpha value is -3.03. The van der Waals surface area contributed by atoms with E-state index < -0.39 is 28.9 Å². The number of alkyl carbamates (subject to hydrolysis) is 1. The van der Waals surface area contributed by atoms with E-state index in [-0.39, 0.29) is 12.5 Å². The van der Waals surface area contributed by atoms with Crippen molar-refractivity contribution >= 4 is 28.8 Å². The number of benzene rings is 1. The van der Waals surface area contributed by atoms with Crippen LogP contribution in [0.3, 0.4) is 0 Å². The molecule has 1 heterocycles. The van der Waals surface area contributed by atoms with Crippen molar-refractivity contribution in [2.45, 2.75) is 52.7 Å². The Morgan fingerprint density at radius 2 is 1.79 bits per heavy atom. The van der Waals surface area contributed by atoms with Crippen LogP contribution in [0, 0.1) is 5.92 Å². The number of amides is 3. The van der Waals surface area contributed by atoms with Crippen molar-refractivity contribution in [3.8, 4) is 0 Å². The summed E-state index contributed by atoms with van der Waals surface area (Å²) in [5.74, 6) is 0.0362. The van der Waals surface area contributed by atoms with E-state index >= 15 is 0 Å². The molecule has 29 heavy (non-hydrogen) atoms. The van der Waals surface area contributed by atoms with Crippen molar-refractivity contribution in [1.29, 1.82) is 0 Å². The molecule has 1 aromatic carbocycles. The number of anilines is 1. The molecule has 0 unspecified atom stereocenters. The van der Waals surface area contributed by atoms with E-state index in [2.05, 4.69) is 16.0 Å². The molecule has 3 amide bonds. The van der Waals surface area contributed by atoms with Crippen molar-refractivity contribution in [2.24, 2.45) is 5.92 Å². The lowest BCUT2D eigenvalue weighted by molar-refractivity contribution is 0.0505. The summed E-state index contributed by atoms with van der Waals surface area (Å²) in [7, 11) is 0. The topological polar surface area (TPSA) is 110 Å². The first-order valence-corrected chi connectivity index (χ1v) is 9.48. The Balaban J connectivity index is 2.04. The predicted octanol–water partition coefficient (Wildman–Crippen LogP) is 3.85. The number of nitrogens with one attached hydrogen (secondary N) is 3. The van der Waals surface area contributed by atoms with E-state index in [1.165, 1.54) is 6.07 Å². The highest BCUT2D eigenvalue weighted by Gasteiger charge is 2.31. The van der Waals surface area contributed by atoms with Crippen molar-refractivity contribution in [2.75, 3.05) is 11.9 Å². The van der Waals surface area contributed by atoms with Crippen molar-refractivity contribution in [3.05, 3.63) is 40.8 Å². The van der Waals surface area contributed by atoms with Gasteiger partial charge in [-0.1, -0.05) is 13.8 Å². The molecule has 158 valence electrons. The number of rotatable bonds is 5. The highest BCUT2D eigenvalue weighted by molar-refractivity contribution is 5.92. The fourth-order valence-corrected chi connectivity index (χ4v) is 2.53. The summed E-state index contributed by atoms with van der Waals surface area (Å²) in [5.41, 5.74) is -0.739. The van der Waals surface area contributed by atoms with Crippen LogP contribution < -0.4 is 21.6 Å². The first-order valence-electron chi connectivity index (χ1n) is 9.48. The zero-order valence-electron chi connectivity index (χ0n) is 17.7. The molecule has 0 saturated carbocycles. The van der Waals surface area contributed by atoms with E-state index in [1.807, 2.05) is 20.8 Å². The third kappa shape index (κ3) is 6.51. The molecule has 0 radical (unpaired) electrons. The second-order valence-corrected chi connectivity index (χ2v) is 8.51. The number of hydrogen-bond donors (Lipinski definition) is 3.